The van der Waals surface area contributed by atoms with E-state index >= 15 is 0 Å². The topological polar surface area (TPSA) is 55.4 Å². The van der Waals surface area contributed by atoms with Gasteiger partial charge in [0.15, 0.2) is 0 Å². The number of hydrogen-bond donors (Lipinski definition) is 1. The molecule has 0 saturated heterocycles. The lowest BCUT2D eigenvalue weighted by molar-refractivity contribution is 0.105. The quantitative estimate of drug-likeness (QED) is 0.806. The SMILES string of the molecule is CCONS(=O)(=O)c1ccccc1Cl. The summed E-state index contributed by atoms with van der Waals surface area (Å²) >= 11 is 5.71. The Morgan fingerprint density at radius 3 is 2.64 bits per heavy atom. The highest BCUT2D eigenvalue weighted by molar-refractivity contribution is 7.89. The van der Waals surface area contributed by atoms with Gasteiger partial charge in [-0.15, -0.1) is 0 Å². The Bertz CT molecular complexity index is 405. The Morgan fingerprint density at radius 1 is 1.43 bits per heavy atom. The summed E-state index contributed by atoms with van der Waals surface area (Å²) in [6, 6.07) is 6.15. The molecule has 1 aromatic rings. The molecule has 0 atom stereocenters. The summed E-state index contributed by atoms with van der Waals surface area (Å²) in [5, 5.41) is 0.166. The van der Waals surface area contributed by atoms with E-state index in [-0.39, 0.29) is 16.5 Å². The molecule has 0 aromatic heterocycles. The lowest BCUT2D eigenvalue weighted by atomic mass is 10.4. The van der Waals surface area contributed by atoms with Crippen molar-refractivity contribution in [1.82, 2.24) is 4.89 Å². The van der Waals surface area contributed by atoms with E-state index in [1.807, 2.05) is 4.89 Å². The van der Waals surface area contributed by atoms with Gasteiger partial charge in [0.1, 0.15) is 4.90 Å². The highest BCUT2D eigenvalue weighted by Crippen LogP contribution is 2.19. The number of nitrogens with one attached hydrogen (secondary N) is 1. The van der Waals surface area contributed by atoms with Crippen LogP contribution < -0.4 is 4.89 Å². The van der Waals surface area contributed by atoms with E-state index in [2.05, 4.69) is 4.84 Å². The zero-order valence-electron chi connectivity index (χ0n) is 7.53. The molecule has 78 valence electrons. The molecular weight excluding hydrogens is 226 g/mol. The minimum absolute atomic E-state index is 0.00937. The summed E-state index contributed by atoms with van der Waals surface area (Å²) in [6.07, 6.45) is 0. The summed E-state index contributed by atoms with van der Waals surface area (Å²) in [4.78, 5) is 6.57. The van der Waals surface area contributed by atoms with E-state index in [9.17, 15) is 8.42 Å². The van der Waals surface area contributed by atoms with Crippen molar-refractivity contribution in [3.8, 4) is 0 Å². The van der Waals surface area contributed by atoms with Gasteiger partial charge in [0.05, 0.1) is 11.6 Å². The third kappa shape index (κ3) is 2.68. The Balaban J connectivity index is 2.99. The van der Waals surface area contributed by atoms with Gasteiger partial charge in [-0.2, -0.15) is 0 Å². The number of benzene rings is 1. The molecule has 1 rings (SSSR count). The first kappa shape index (κ1) is 11.5. The van der Waals surface area contributed by atoms with Crippen LogP contribution in [0.1, 0.15) is 6.92 Å². The lowest BCUT2D eigenvalue weighted by Crippen LogP contribution is -2.24. The second-order valence-electron chi connectivity index (χ2n) is 2.45. The van der Waals surface area contributed by atoms with Crippen LogP contribution in [0.4, 0.5) is 0 Å². The Hall–Kier alpha value is -0.620. The number of halogens is 1. The van der Waals surface area contributed by atoms with Gasteiger partial charge in [0.2, 0.25) is 0 Å². The monoisotopic (exact) mass is 235 g/mol. The van der Waals surface area contributed by atoms with E-state index in [0.29, 0.717) is 0 Å². The van der Waals surface area contributed by atoms with E-state index < -0.39 is 10.0 Å². The number of rotatable bonds is 4. The van der Waals surface area contributed by atoms with Gasteiger partial charge in [-0.3, -0.25) is 4.84 Å². The van der Waals surface area contributed by atoms with Gasteiger partial charge in [0, 0.05) is 0 Å². The summed E-state index contributed by atoms with van der Waals surface area (Å²) < 4.78 is 23.0. The van der Waals surface area contributed by atoms with Crippen LogP contribution in [0.15, 0.2) is 29.2 Å². The van der Waals surface area contributed by atoms with Crippen molar-refractivity contribution >= 4 is 21.6 Å². The standard InChI is InChI=1S/C8H10ClNO3S/c1-2-13-10-14(11,12)8-6-4-3-5-7(8)9/h3-6,10H,2H2,1H3. The molecule has 0 saturated carbocycles. The summed E-state index contributed by atoms with van der Waals surface area (Å²) in [6.45, 7) is 1.93. The second-order valence-corrected chi connectivity index (χ2v) is 4.47. The average molecular weight is 236 g/mol. The van der Waals surface area contributed by atoms with Gasteiger partial charge in [-0.1, -0.05) is 28.6 Å². The summed E-state index contributed by atoms with van der Waals surface area (Å²) in [5.41, 5.74) is 0. The first-order valence-electron chi connectivity index (χ1n) is 3.96. The van der Waals surface area contributed by atoms with Crippen molar-refractivity contribution in [1.29, 1.82) is 0 Å². The second kappa shape index (κ2) is 4.75. The summed E-state index contributed by atoms with van der Waals surface area (Å²) in [5.74, 6) is 0. The Kier molecular flexibility index (Phi) is 3.88. The maximum atomic E-state index is 11.5. The van der Waals surface area contributed by atoms with Crippen molar-refractivity contribution in [3.05, 3.63) is 29.3 Å². The fourth-order valence-corrected chi connectivity index (χ4v) is 2.23. The molecule has 0 amide bonds. The zero-order valence-corrected chi connectivity index (χ0v) is 9.10. The molecule has 0 fully saturated rings. The number of hydrogen-bond acceptors (Lipinski definition) is 3. The minimum Gasteiger partial charge on any atom is -0.287 e. The van der Waals surface area contributed by atoms with Gasteiger partial charge in [0.25, 0.3) is 10.0 Å². The van der Waals surface area contributed by atoms with Crippen molar-refractivity contribution in [3.63, 3.8) is 0 Å². The largest absolute Gasteiger partial charge is 0.287 e. The van der Waals surface area contributed by atoms with E-state index in [1.165, 1.54) is 12.1 Å². The molecule has 0 aliphatic rings. The van der Waals surface area contributed by atoms with Crippen LogP contribution in [0, 0.1) is 0 Å². The van der Waals surface area contributed by atoms with Crippen LogP contribution in [-0.4, -0.2) is 15.0 Å². The van der Waals surface area contributed by atoms with Crippen molar-refractivity contribution in [2.24, 2.45) is 0 Å². The number of sulfonamides is 1. The normalized spacial score (nSPS) is 11.6. The van der Waals surface area contributed by atoms with Gasteiger partial charge in [-0.25, -0.2) is 8.42 Å². The molecule has 14 heavy (non-hydrogen) atoms. The molecule has 6 heteroatoms. The fraction of sp³-hybridized carbons (Fsp3) is 0.250. The third-order valence-electron chi connectivity index (χ3n) is 1.44. The highest BCUT2D eigenvalue weighted by atomic mass is 35.5. The van der Waals surface area contributed by atoms with Crippen molar-refractivity contribution in [2.75, 3.05) is 6.61 Å². The predicted octanol–water partition coefficient (Wildman–Crippen LogP) is 1.57. The maximum absolute atomic E-state index is 11.5. The van der Waals surface area contributed by atoms with Crippen LogP contribution >= 0.6 is 11.6 Å². The van der Waals surface area contributed by atoms with E-state index in [1.54, 1.807) is 19.1 Å². The zero-order chi connectivity index (χ0) is 10.6. The molecule has 0 aliphatic heterocycles. The Labute approximate surface area is 87.8 Å². The smallest absolute Gasteiger partial charge is 0.263 e. The van der Waals surface area contributed by atoms with Crippen molar-refractivity contribution < 1.29 is 13.3 Å². The maximum Gasteiger partial charge on any atom is 0.263 e. The van der Waals surface area contributed by atoms with Gasteiger partial charge >= 0.3 is 0 Å². The van der Waals surface area contributed by atoms with Crippen LogP contribution in [0.2, 0.25) is 5.02 Å². The Morgan fingerprint density at radius 2 is 2.07 bits per heavy atom. The molecule has 0 unspecified atom stereocenters. The van der Waals surface area contributed by atoms with Crippen molar-refractivity contribution in [2.45, 2.75) is 11.8 Å². The van der Waals surface area contributed by atoms with Crippen LogP contribution in [0.3, 0.4) is 0 Å². The highest BCUT2D eigenvalue weighted by Gasteiger charge is 2.16. The first-order valence-corrected chi connectivity index (χ1v) is 5.82. The van der Waals surface area contributed by atoms with Gasteiger partial charge in [-0.05, 0) is 19.1 Å². The predicted molar refractivity (Wildman–Crippen MR) is 53.4 cm³/mol. The molecular formula is C8H10ClNO3S. The molecule has 0 radical (unpaired) electrons. The molecule has 0 aliphatic carbocycles. The lowest BCUT2D eigenvalue weighted by Gasteiger charge is -2.06. The van der Waals surface area contributed by atoms with Crippen LogP contribution in [-0.2, 0) is 14.9 Å². The van der Waals surface area contributed by atoms with Gasteiger partial charge < -0.3 is 0 Å². The van der Waals surface area contributed by atoms with Crippen LogP contribution in [0.25, 0.3) is 0 Å². The third-order valence-corrected chi connectivity index (χ3v) is 3.15. The van der Waals surface area contributed by atoms with Crippen LogP contribution in [0.5, 0.6) is 0 Å². The average Bonchev–Trinajstić information content (AvgIpc) is 2.15. The van der Waals surface area contributed by atoms with E-state index in [0.717, 1.165) is 0 Å². The summed E-state index contributed by atoms with van der Waals surface area (Å²) in [7, 11) is -3.66. The molecule has 0 heterocycles. The molecule has 0 spiro atoms. The molecule has 0 bridgehead atoms. The minimum atomic E-state index is -3.66. The first-order chi connectivity index (χ1) is 6.58. The fourth-order valence-electron chi connectivity index (χ4n) is 0.844. The molecule has 1 aromatic carbocycles. The van der Waals surface area contributed by atoms with E-state index in [4.69, 9.17) is 11.6 Å². The molecule has 4 nitrogen and oxygen atoms in total. The molecule has 1 N–H and O–H groups in total.